The van der Waals surface area contributed by atoms with Gasteiger partial charge >= 0.3 is 0 Å². The van der Waals surface area contributed by atoms with E-state index >= 15 is 0 Å². The Labute approximate surface area is 103 Å². The molecule has 4 nitrogen and oxygen atoms in total. The van der Waals surface area contributed by atoms with E-state index in [4.69, 9.17) is 0 Å². The minimum atomic E-state index is -0.670. The molecule has 0 amide bonds. The van der Waals surface area contributed by atoms with E-state index in [0.29, 0.717) is 17.7 Å². The van der Waals surface area contributed by atoms with Gasteiger partial charge in [-0.15, -0.1) is 5.10 Å². The fraction of sp³-hybridized carbons (Fsp3) is 0.333. The molecule has 0 aliphatic heterocycles. The predicted octanol–water partition coefficient (Wildman–Crippen LogP) is 2.05. The van der Waals surface area contributed by atoms with Crippen LogP contribution in [0.5, 0.6) is 0 Å². The molecular formula is C12H13F2N3O. The summed E-state index contributed by atoms with van der Waals surface area (Å²) in [6, 6.07) is 3.38. The Morgan fingerprint density at radius 1 is 1.39 bits per heavy atom. The minimum absolute atomic E-state index is 0.148. The summed E-state index contributed by atoms with van der Waals surface area (Å²) in [6.45, 7) is 1.97. The van der Waals surface area contributed by atoms with E-state index in [1.165, 1.54) is 16.8 Å². The Hall–Kier alpha value is -1.82. The van der Waals surface area contributed by atoms with Crippen LogP contribution in [0.15, 0.2) is 24.4 Å². The molecular weight excluding hydrogens is 240 g/mol. The molecule has 18 heavy (non-hydrogen) atoms. The van der Waals surface area contributed by atoms with Crippen LogP contribution in [0.3, 0.4) is 0 Å². The van der Waals surface area contributed by atoms with Gasteiger partial charge in [-0.05, 0) is 12.5 Å². The third kappa shape index (κ3) is 2.70. The summed E-state index contributed by atoms with van der Waals surface area (Å²) < 4.78 is 27.6. The zero-order valence-corrected chi connectivity index (χ0v) is 9.85. The van der Waals surface area contributed by atoms with E-state index in [9.17, 15) is 13.9 Å². The topological polar surface area (TPSA) is 50.9 Å². The van der Waals surface area contributed by atoms with E-state index in [-0.39, 0.29) is 6.54 Å². The Balaban J connectivity index is 2.16. The number of rotatable bonds is 4. The maximum Gasteiger partial charge on any atom is 0.131 e. The average molecular weight is 253 g/mol. The number of aromatic nitrogens is 3. The molecule has 96 valence electrons. The van der Waals surface area contributed by atoms with Gasteiger partial charge in [0, 0.05) is 11.6 Å². The van der Waals surface area contributed by atoms with Gasteiger partial charge in [0.15, 0.2) is 0 Å². The van der Waals surface area contributed by atoms with Crippen LogP contribution < -0.4 is 0 Å². The molecule has 0 spiro atoms. The van der Waals surface area contributed by atoms with Gasteiger partial charge in [0.25, 0.3) is 0 Å². The maximum atomic E-state index is 13.4. The Kier molecular flexibility index (Phi) is 3.66. The number of benzene rings is 1. The van der Waals surface area contributed by atoms with Crippen LogP contribution >= 0.6 is 0 Å². The standard InChI is InChI=1S/C12H13F2N3O/c1-2-12(18)11-7-17(16-15-11)6-8-3-4-9(13)5-10(8)14/h3-5,7,12,18H,2,6H2,1H3. The third-order valence-electron chi connectivity index (χ3n) is 2.63. The first-order chi connectivity index (χ1) is 8.60. The van der Waals surface area contributed by atoms with Crippen molar-refractivity contribution in [2.45, 2.75) is 26.0 Å². The summed E-state index contributed by atoms with van der Waals surface area (Å²) in [7, 11) is 0. The molecule has 1 N–H and O–H groups in total. The van der Waals surface area contributed by atoms with E-state index in [0.717, 1.165) is 6.07 Å². The highest BCUT2D eigenvalue weighted by atomic mass is 19.1. The molecule has 0 radical (unpaired) electrons. The van der Waals surface area contributed by atoms with Gasteiger partial charge in [-0.1, -0.05) is 18.2 Å². The normalized spacial score (nSPS) is 12.7. The number of hydrogen-bond acceptors (Lipinski definition) is 3. The number of aliphatic hydroxyl groups excluding tert-OH is 1. The summed E-state index contributed by atoms with van der Waals surface area (Å²) >= 11 is 0. The lowest BCUT2D eigenvalue weighted by Gasteiger charge is -2.03. The SMILES string of the molecule is CCC(O)c1cn(Cc2ccc(F)cc2F)nn1. The van der Waals surface area contributed by atoms with E-state index < -0.39 is 17.7 Å². The van der Waals surface area contributed by atoms with Crippen molar-refractivity contribution in [3.05, 3.63) is 47.3 Å². The van der Waals surface area contributed by atoms with Crippen molar-refractivity contribution in [1.82, 2.24) is 15.0 Å². The monoisotopic (exact) mass is 253 g/mol. The van der Waals surface area contributed by atoms with Crippen molar-refractivity contribution in [2.24, 2.45) is 0 Å². The predicted molar refractivity (Wildman–Crippen MR) is 60.7 cm³/mol. The van der Waals surface area contributed by atoms with Crippen molar-refractivity contribution in [3.63, 3.8) is 0 Å². The molecule has 1 heterocycles. The Bertz CT molecular complexity index is 542. The van der Waals surface area contributed by atoms with Gasteiger partial charge < -0.3 is 5.11 Å². The molecule has 2 aromatic rings. The zero-order valence-electron chi connectivity index (χ0n) is 9.85. The first kappa shape index (κ1) is 12.6. The first-order valence-corrected chi connectivity index (χ1v) is 5.62. The van der Waals surface area contributed by atoms with Crippen molar-refractivity contribution in [3.8, 4) is 0 Å². The number of hydrogen-bond donors (Lipinski definition) is 1. The van der Waals surface area contributed by atoms with Crippen molar-refractivity contribution >= 4 is 0 Å². The maximum absolute atomic E-state index is 13.4. The van der Waals surface area contributed by atoms with Crippen molar-refractivity contribution in [2.75, 3.05) is 0 Å². The zero-order chi connectivity index (χ0) is 13.1. The third-order valence-corrected chi connectivity index (χ3v) is 2.63. The first-order valence-electron chi connectivity index (χ1n) is 5.62. The molecule has 0 bridgehead atoms. The van der Waals surface area contributed by atoms with Crippen LogP contribution in [0.25, 0.3) is 0 Å². The number of nitrogens with zero attached hydrogens (tertiary/aromatic N) is 3. The molecule has 1 aromatic carbocycles. The molecule has 1 unspecified atom stereocenters. The Morgan fingerprint density at radius 2 is 2.17 bits per heavy atom. The van der Waals surface area contributed by atoms with Gasteiger partial charge in [0.05, 0.1) is 18.8 Å². The van der Waals surface area contributed by atoms with Crippen LogP contribution in [-0.2, 0) is 6.54 Å². The summed E-state index contributed by atoms with van der Waals surface area (Å²) in [4.78, 5) is 0. The molecule has 2 rings (SSSR count). The molecule has 0 saturated carbocycles. The van der Waals surface area contributed by atoms with Gasteiger partial charge in [-0.25, -0.2) is 13.5 Å². The molecule has 0 fully saturated rings. The second-order valence-corrected chi connectivity index (χ2v) is 4.00. The van der Waals surface area contributed by atoms with Crippen LogP contribution in [0.1, 0.15) is 30.7 Å². The lowest BCUT2D eigenvalue weighted by Crippen LogP contribution is -2.03. The van der Waals surface area contributed by atoms with Crippen LogP contribution in [-0.4, -0.2) is 20.1 Å². The van der Waals surface area contributed by atoms with Crippen LogP contribution in [0.2, 0.25) is 0 Å². The Morgan fingerprint density at radius 3 is 2.83 bits per heavy atom. The smallest absolute Gasteiger partial charge is 0.131 e. The molecule has 1 atom stereocenters. The fourth-order valence-electron chi connectivity index (χ4n) is 1.58. The van der Waals surface area contributed by atoms with Crippen LogP contribution in [0, 0.1) is 11.6 Å². The van der Waals surface area contributed by atoms with Gasteiger partial charge in [0.2, 0.25) is 0 Å². The number of halogens is 2. The van der Waals surface area contributed by atoms with Crippen LogP contribution in [0.4, 0.5) is 8.78 Å². The fourth-order valence-corrected chi connectivity index (χ4v) is 1.58. The second-order valence-electron chi connectivity index (χ2n) is 4.00. The van der Waals surface area contributed by atoms with Crippen molar-refractivity contribution in [1.29, 1.82) is 0 Å². The lowest BCUT2D eigenvalue weighted by atomic mass is 10.2. The van der Waals surface area contributed by atoms with Gasteiger partial charge in [-0.2, -0.15) is 0 Å². The summed E-state index contributed by atoms with van der Waals surface area (Å²) in [5, 5.41) is 17.1. The molecule has 0 saturated heterocycles. The molecule has 0 aliphatic carbocycles. The summed E-state index contributed by atoms with van der Waals surface area (Å²) in [5.74, 6) is -1.24. The molecule has 1 aromatic heterocycles. The molecule has 6 heteroatoms. The quantitative estimate of drug-likeness (QED) is 0.907. The van der Waals surface area contributed by atoms with E-state index in [1.807, 2.05) is 6.92 Å². The van der Waals surface area contributed by atoms with E-state index in [1.54, 1.807) is 6.20 Å². The van der Waals surface area contributed by atoms with Gasteiger partial charge in [0.1, 0.15) is 17.3 Å². The van der Waals surface area contributed by atoms with E-state index in [2.05, 4.69) is 10.3 Å². The highest BCUT2D eigenvalue weighted by Gasteiger charge is 2.11. The number of aliphatic hydroxyl groups is 1. The highest BCUT2D eigenvalue weighted by molar-refractivity contribution is 5.18. The van der Waals surface area contributed by atoms with Gasteiger partial charge in [-0.3, -0.25) is 0 Å². The van der Waals surface area contributed by atoms with Crippen molar-refractivity contribution < 1.29 is 13.9 Å². The average Bonchev–Trinajstić information content (AvgIpc) is 2.80. The largest absolute Gasteiger partial charge is 0.387 e. The summed E-state index contributed by atoms with van der Waals surface area (Å²) in [6.07, 6.45) is 1.41. The second kappa shape index (κ2) is 5.22. The molecule has 0 aliphatic rings. The lowest BCUT2D eigenvalue weighted by molar-refractivity contribution is 0.168. The summed E-state index contributed by atoms with van der Waals surface area (Å²) in [5.41, 5.74) is 0.763. The highest BCUT2D eigenvalue weighted by Crippen LogP contribution is 2.14. The minimum Gasteiger partial charge on any atom is -0.387 e.